The topological polar surface area (TPSA) is 99.7 Å². The third kappa shape index (κ3) is 6.96. The van der Waals surface area contributed by atoms with Crippen molar-refractivity contribution in [3.05, 3.63) is 71.3 Å². The van der Waals surface area contributed by atoms with Gasteiger partial charge >= 0.3 is 12.2 Å². The van der Waals surface area contributed by atoms with Crippen molar-refractivity contribution in [2.75, 3.05) is 0 Å². The largest absolute Gasteiger partial charge is 0.465 e. The quantitative estimate of drug-likeness (QED) is 0.510. The third-order valence-corrected chi connectivity index (χ3v) is 5.68. The minimum absolute atomic E-state index is 0.145. The van der Waals surface area contributed by atoms with Crippen LogP contribution in [0.1, 0.15) is 36.0 Å². The number of aryl methyl sites for hydroxylation is 1. The third-order valence-electron chi connectivity index (χ3n) is 5.32. The lowest BCUT2D eigenvalue weighted by Crippen LogP contribution is -2.57. The lowest BCUT2D eigenvalue weighted by Gasteiger charge is -2.37. The first kappa shape index (κ1) is 22.6. The van der Waals surface area contributed by atoms with Crippen molar-refractivity contribution in [3.63, 3.8) is 0 Å². The van der Waals surface area contributed by atoms with E-state index in [-0.39, 0.29) is 24.7 Å². The first-order chi connectivity index (χ1) is 14.9. The van der Waals surface area contributed by atoms with E-state index < -0.39 is 12.2 Å². The number of ether oxygens (including phenoxy) is 1. The van der Waals surface area contributed by atoms with Gasteiger partial charge in [0.05, 0.1) is 6.04 Å². The summed E-state index contributed by atoms with van der Waals surface area (Å²) >= 11 is 5.54. The molecule has 0 spiro atoms. The zero-order valence-corrected chi connectivity index (χ0v) is 18.2. The minimum Gasteiger partial charge on any atom is -0.465 e. The highest BCUT2D eigenvalue weighted by molar-refractivity contribution is 7.80. The molecule has 0 saturated heterocycles. The van der Waals surface area contributed by atoms with Gasteiger partial charge in [-0.2, -0.15) is 0 Å². The van der Waals surface area contributed by atoms with Crippen molar-refractivity contribution in [2.45, 2.75) is 50.9 Å². The molecule has 0 aliphatic heterocycles. The highest BCUT2D eigenvalue weighted by atomic mass is 32.1. The highest BCUT2D eigenvalue weighted by Crippen LogP contribution is 2.21. The van der Waals surface area contributed by atoms with Crippen molar-refractivity contribution >= 4 is 29.4 Å². The number of hydrogen-bond acceptors (Lipinski definition) is 4. The number of thiocarbonyl (C=S) groups is 1. The van der Waals surface area contributed by atoms with E-state index in [2.05, 4.69) is 16.0 Å². The number of carboxylic acid groups (broad SMARTS) is 1. The zero-order valence-electron chi connectivity index (χ0n) is 17.3. The summed E-state index contributed by atoms with van der Waals surface area (Å²) in [4.78, 5) is 24.0. The van der Waals surface area contributed by atoms with Gasteiger partial charge in [0.15, 0.2) is 0 Å². The zero-order chi connectivity index (χ0) is 22.2. The molecule has 0 aromatic heterocycles. The van der Waals surface area contributed by atoms with Gasteiger partial charge in [-0.05, 0) is 31.7 Å². The van der Waals surface area contributed by atoms with Crippen LogP contribution in [0.3, 0.4) is 0 Å². The van der Waals surface area contributed by atoms with Crippen molar-refractivity contribution in [1.29, 1.82) is 0 Å². The second kappa shape index (κ2) is 10.8. The van der Waals surface area contributed by atoms with Gasteiger partial charge in [-0.1, -0.05) is 72.4 Å². The van der Waals surface area contributed by atoms with Gasteiger partial charge < -0.3 is 25.8 Å². The summed E-state index contributed by atoms with van der Waals surface area (Å²) in [6.45, 7) is 2.20. The first-order valence-electron chi connectivity index (χ1n) is 10.2. The predicted molar refractivity (Wildman–Crippen MR) is 122 cm³/mol. The Kier molecular flexibility index (Phi) is 7.83. The van der Waals surface area contributed by atoms with Crippen LogP contribution in [0, 0.1) is 6.92 Å². The van der Waals surface area contributed by atoms with E-state index >= 15 is 0 Å². The molecule has 164 valence electrons. The molecule has 0 heterocycles. The summed E-state index contributed by atoms with van der Waals surface area (Å²) in [7, 11) is 0. The van der Waals surface area contributed by atoms with Gasteiger partial charge in [0.1, 0.15) is 11.6 Å². The molecule has 4 N–H and O–H groups in total. The van der Waals surface area contributed by atoms with Crippen LogP contribution in [-0.2, 0) is 11.3 Å². The van der Waals surface area contributed by atoms with Crippen LogP contribution in [0.2, 0.25) is 0 Å². The van der Waals surface area contributed by atoms with Crippen molar-refractivity contribution in [3.8, 4) is 0 Å². The van der Waals surface area contributed by atoms with Crippen LogP contribution in [0.15, 0.2) is 54.6 Å². The maximum absolute atomic E-state index is 12.2. The second-order valence-corrected chi connectivity index (χ2v) is 8.13. The molecule has 0 bridgehead atoms. The van der Waals surface area contributed by atoms with Crippen molar-refractivity contribution in [2.24, 2.45) is 0 Å². The number of carbonyl (C=O) groups excluding carboxylic acids is 1. The van der Waals surface area contributed by atoms with Gasteiger partial charge in [-0.15, -0.1) is 0 Å². The van der Waals surface area contributed by atoms with Crippen LogP contribution in [-0.4, -0.2) is 40.4 Å². The van der Waals surface area contributed by atoms with E-state index in [4.69, 9.17) is 17.0 Å². The van der Waals surface area contributed by atoms with E-state index in [1.54, 1.807) is 0 Å². The Morgan fingerprint density at radius 3 is 2.39 bits per heavy atom. The highest BCUT2D eigenvalue weighted by Gasteiger charge is 2.33. The normalized spacial score (nSPS) is 20.4. The fourth-order valence-electron chi connectivity index (χ4n) is 3.68. The standard InChI is InChI=1S/C23H27N3O4S/c1-15-7-9-17(10-8-15)21(31)25-20-13-18(11-12-19(20)26-22(27)28)24-23(29)30-14-16-5-3-2-4-6-16/h2-10,18-20,26H,11-14H2,1H3,(H,24,29)(H,25,31)(H,27,28). The summed E-state index contributed by atoms with van der Waals surface area (Å²) in [5.74, 6) is 0. The number of rotatable bonds is 6. The monoisotopic (exact) mass is 441 g/mol. The summed E-state index contributed by atoms with van der Waals surface area (Å²) in [5, 5.41) is 17.9. The number of alkyl carbamates (subject to hydrolysis) is 1. The molecule has 3 rings (SSSR count). The first-order valence-corrected chi connectivity index (χ1v) is 10.7. The fraction of sp³-hybridized carbons (Fsp3) is 0.348. The lowest BCUT2D eigenvalue weighted by molar-refractivity contribution is 0.129. The maximum Gasteiger partial charge on any atom is 0.407 e. The molecule has 1 fully saturated rings. The van der Waals surface area contributed by atoms with Crippen LogP contribution < -0.4 is 16.0 Å². The molecule has 1 aliphatic carbocycles. The van der Waals surface area contributed by atoms with Gasteiger partial charge in [0.25, 0.3) is 0 Å². The smallest absolute Gasteiger partial charge is 0.407 e. The molecule has 7 nitrogen and oxygen atoms in total. The number of carbonyl (C=O) groups is 2. The van der Waals surface area contributed by atoms with Gasteiger partial charge in [-0.3, -0.25) is 0 Å². The minimum atomic E-state index is -1.08. The summed E-state index contributed by atoms with van der Waals surface area (Å²) in [6, 6.07) is 16.6. The molecular formula is C23H27N3O4S. The molecule has 3 atom stereocenters. The lowest BCUT2D eigenvalue weighted by atomic mass is 9.86. The maximum atomic E-state index is 12.2. The van der Waals surface area contributed by atoms with Crippen LogP contribution in [0.4, 0.5) is 9.59 Å². The van der Waals surface area contributed by atoms with E-state index in [1.165, 1.54) is 0 Å². The Morgan fingerprint density at radius 2 is 1.71 bits per heavy atom. The van der Waals surface area contributed by atoms with E-state index in [9.17, 15) is 14.7 Å². The van der Waals surface area contributed by atoms with Crippen LogP contribution in [0.5, 0.6) is 0 Å². The number of amides is 2. The molecule has 8 heteroatoms. The van der Waals surface area contributed by atoms with E-state index in [0.29, 0.717) is 24.3 Å². The summed E-state index contributed by atoms with van der Waals surface area (Å²) in [6.07, 6.45) is 0.174. The Balaban J connectivity index is 1.58. The van der Waals surface area contributed by atoms with Crippen molar-refractivity contribution in [1.82, 2.24) is 16.0 Å². The van der Waals surface area contributed by atoms with E-state index in [0.717, 1.165) is 16.7 Å². The molecule has 1 aliphatic rings. The molecular weight excluding hydrogens is 414 g/mol. The molecule has 0 radical (unpaired) electrons. The molecule has 2 aromatic rings. The Labute approximate surface area is 187 Å². The Morgan fingerprint density at radius 1 is 1.00 bits per heavy atom. The van der Waals surface area contributed by atoms with Gasteiger partial charge in [-0.25, -0.2) is 9.59 Å². The molecule has 31 heavy (non-hydrogen) atoms. The molecule has 3 unspecified atom stereocenters. The van der Waals surface area contributed by atoms with Crippen LogP contribution >= 0.6 is 12.2 Å². The van der Waals surface area contributed by atoms with Crippen molar-refractivity contribution < 1.29 is 19.4 Å². The number of benzene rings is 2. The molecule has 1 saturated carbocycles. The Hall–Kier alpha value is -3.13. The SMILES string of the molecule is Cc1ccc(C(=S)NC2CC(NC(=O)OCc3ccccc3)CCC2NC(=O)O)cc1. The molecule has 2 aromatic carbocycles. The number of hydrogen-bond donors (Lipinski definition) is 4. The second-order valence-electron chi connectivity index (χ2n) is 7.72. The van der Waals surface area contributed by atoms with E-state index in [1.807, 2.05) is 61.5 Å². The van der Waals surface area contributed by atoms with Gasteiger partial charge in [0, 0.05) is 17.6 Å². The Bertz CT molecular complexity index is 905. The average Bonchev–Trinajstić information content (AvgIpc) is 2.75. The fourth-order valence-corrected chi connectivity index (χ4v) is 3.97. The van der Waals surface area contributed by atoms with Crippen LogP contribution in [0.25, 0.3) is 0 Å². The predicted octanol–water partition coefficient (Wildman–Crippen LogP) is 3.74. The summed E-state index contributed by atoms with van der Waals surface area (Å²) in [5.41, 5.74) is 2.91. The number of nitrogens with one attached hydrogen (secondary N) is 3. The average molecular weight is 442 g/mol. The molecule has 2 amide bonds. The van der Waals surface area contributed by atoms with Gasteiger partial charge in [0.2, 0.25) is 0 Å². The summed E-state index contributed by atoms with van der Waals surface area (Å²) < 4.78 is 5.31.